The van der Waals surface area contributed by atoms with Gasteiger partial charge in [0.1, 0.15) is 11.3 Å². The zero-order valence-electron chi connectivity index (χ0n) is 14.5. The molecule has 2 heterocycles. The number of pyridine rings is 1. The quantitative estimate of drug-likeness (QED) is 0.933. The van der Waals surface area contributed by atoms with Crippen LogP contribution in [0.4, 0.5) is 5.69 Å². The van der Waals surface area contributed by atoms with E-state index in [4.69, 9.17) is 0 Å². The second-order valence-electron chi connectivity index (χ2n) is 6.90. The van der Waals surface area contributed by atoms with Crippen LogP contribution in [0.3, 0.4) is 0 Å². The maximum atomic E-state index is 12.7. The molecule has 3 rings (SSSR count). The molecule has 0 bridgehead atoms. The van der Waals surface area contributed by atoms with Crippen molar-refractivity contribution in [3.05, 3.63) is 39.9 Å². The smallest absolute Gasteiger partial charge is 0.281 e. The van der Waals surface area contributed by atoms with Crippen molar-refractivity contribution in [1.29, 1.82) is 0 Å². The summed E-state index contributed by atoms with van der Waals surface area (Å²) in [4.78, 5) is 29.4. The molecule has 1 amide bonds. The predicted molar refractivity (Wildman–Crippen MR) is 95.4 cm³/mol. The summed E-state index contributed by atoms with van der Waals surface area (Å²) in [6.07, 6.45) is 9.47. The summed E-state index contributed by atoms with van der Waals surface area (Å²) in [5.41, 5.74) is 2.22. The highest BCUT2D eigenvalue weighted by atomic mass is 16.2. The molecular formula is C19H25N3O2. The molecule has 0 radical (unpaired) electrons. The monoisotopic (exact) mass is 327 g/mol. The molecule has 2 aromatic heterocycles. The standard InChI is InChI=1S/C19H25N3O2/c1-13-8-10-16-20-14(2)18(19(24)22(16)12-13)21-17(23)11-9-15-6-4-3-5-7-15/h8,10,12,15H,3-7,9,11H2,1-2H3,(H,21,23). The van der Waals surface area contributed by atoms with Gasteiger partial charge in [0.25, 0.3) is 5.56 Å². The Balaban J connectivity index is 1.74. The van der Waals surface area contributed by atoms with E-state index < -0.39 is 0 Å². The fraction of sp³-hybridized carbons (Fsp3) is 0.526. The van der Waals surface area contributed by atoms with E-state index in [1.54, 1.807) is 13.1 Å². The van der Waals surface area contributed by atoms with Crippen LogP contribution in [0.5, 0.6) is 0 Å². The molecule has 5 nitrogen and oxygen atoms in total. The number of anilines is 1. The van der Waals surface area contributed by atoms with Gasteiger partial charge in [-0.25, -0.2) is 4.98 Å². The maximum absolute atomic E-state index is 12.7. The Morgan fingerprint density at radius 1 is 1.25 bits per heavy atom. The molecule has 1 saturated carbocycles. The largest absolute Gasteiger partial charge is 0.320 e. The Bertz CT molecular complexity index is 804. The number of amides is 1. The Labute approximate surface area is 142 Å². The number of hydrogen-bond acceptors (Lipinski definition) is 3. The van der Waals surface area contributed by atoms with Gasteiger partial charge in [-0.15, -0.1) is 0 Å². The first-order valence-electron chi connectivity index (χ1n) is 8.84. The van der Waals surface area contributed by atoms with Gasteiger partial charge in [0.2, 0.25) is 5.91 Å². The first kappa shape index (κ1) is 16.7. The van der Waals surface area contributed by atoms with Crippen molar-refractivity contribution < 1.29 is 4.79 Å². The van der Waals surface area contributed by atoms with Crippen molar-refractivity contribution in [2.24, 2.45) is 5.92 Å². The van der Waals surface area contributed by atoms with E-state index in [9.17, 15) is 9.59 Å². The number of fused-ring (bicyclic) bond motifs is 1. The number of aryl methyl sites for hydroxylation is 2. The van der Waals surface area contributed by atoms with Gasteiger partial charge in [0, 0.05) is 12.6 Å². The molecule has 0 spiro atoms. The molecule has 24 heavy (non-hydrogen) atoms. The highest BCUT2D eigenvalue weighted by Crippen LogP contribution is 2.27. The van der Waals surface area contributed by atoms with Gasteiger partial charge in [-0.2, -0.15) is 0 Å². The summed E-state index contributed by atoms with van der Waals surface area (Å²) >= 11 is 0. The Morgan fingerprint density at radius 2 is 2.00 bits per heavy atom. The summed E-state index contributed by atoms with van der Waals surface area (Å²) in [6.45, 7) is 3.69. The molecule has 5 heteroatoms. The predicted octanol–water partition coefficient (Wildman–Crippen LogP) is 3.61. The minimum absolute atomic E-state index is 0.0878. The van der Waals surface area contributed by atoms with Crippen LogP contribution in [-0.2, 0) is 4.79 Å². The molecule has 1 aliphatic rings. The van der Waals surface area contributed by atoms with E-state index in [1.807, 2.05) is 19.1 Å². The SMILES string of the molecule is Cc1ccc2nc(C)c(NC(=O)CCC3CCCCC3)c(=O)n2c1. The second-order valence-corrected chi connectivity index (χ2v) is 6.90. The molecule has 0 unspecified atom stereocenters. The van der Waals surface area contributed by atoms with Crippen LogP contribution < -0.4 is 10.9 Å². The molecule has 1 aliphatic carbocycles. The lowest BCUT2D eigenvalue weighted by Gasteiger charge is -2.21. The number of aromatic nitrogens is 2. The number of hydrogen-bond donors (Lipinski definition) is 1. The third-order valence-corrected chi connectivity index (χ3v) is 4.92. The van der Waals surface area contributed by atoms with E-state index in [2.05, 4.69) is 10.3 Å². The normalized spacial score (nSPS) is 15.6. The highest BCUT2D eigenvalue weighted by molar-refractivity contribution is 5.91. The Morgan fingerprint density at radius 3 is 2.75 bits per heavy atom. The third kappa shape index (κ3) is 3.66. The third-order valence-electron chi connectivity index (χ3n) is 4.92. The lowest BCUT2D eigenvalue weighted by atomic mass is 9.86. The van der Waals surface area contributed by atoms with Crippen molar-refractivity contribution >= 4 is 17.2 Å². The average molecular weight is 327 g/mol. The van der Waals surface area contributed by atoms with Crippen LogP contribution in [0.2, 0.25) is 0 Å². The molecule has 0 aromatic carbocycles. The van der Waals surface area contributed by atoms with E-state index >= 15 is 0 Å². The highest BCUT2D eigenvalue weighted by Gasteiger charge is 2.17. The minimum Gasteiger partial charge on any atom is -0.320 e. The van der Waals surface area contributed by atoms with Crippen molar-refractivity contribution in [2.45, 2.75) is 58.8 Å². The van der Waals surface area contributed by atoms with Gasteiger partial charge < -0.3 is 5.32 Å². The van der Waals surface area contributed by atoms with Crippen LogP contribution in [0, 0.1) is 19.8 Å². The van der Waals surface area contributed by atoms with Gasteiger partial charge in [-0.1, -0.05) is 38.2 Å². The number of carbonyl (C=O) groups excluding carboxylic acids is 1. The van der Waals surface area contributed by atoms with Gasteiger partial charge in [0.15, 0.2) is 0 Å². The van der Waals surface area contributed by atoms with Crippen molar-refractivity contribution in [2.75, 3.05) is 5.32 Å². The lowest BCUT2D eigenvalue weighted by Crippen LogP contribution is -2.25. The van der Waals surface area contributed by atoms with Gasteiger partial charge in [0.05, 0.1) is 5.69 Å². The lowest BCUT2D eigenvalue weighted by molar-refractivity contribution is -0.116. The zero-order chi connectivity index (χ0) is 17.1. The topological polar surface area (TPSA) is 63.5 Å². The summed E-state index contributed by atoms with van der Waals surface area (Å²) in [6, 6.07) is 3.74. The molecule has 0 saturated heterocycles. The fourth-order valence-corrected chi connectivity index (χ4v) is 3.51. The maximum Gasteiger partial charge on any atom is 0.281 e. The van der Waals surface area contributed by atoms with Crippen molar-refractivity contribution in [3.8, 4) is 0 Å². The first-order valence-corrected chi connectivity index (χ1v) is 8.84. The van der Waals surface area contributed by atoms with E-state index in [0.717, 1.165) is 12.0 Å². The Kier molecular flexibility index (Phi) is 4.97. The van der Waals surface area contributed by atoms with Crippen LogP contribution in [-0.4, -0.2) is 15.3 Å². The molecular weight excluding hydrogens is 302 g/mol. The Hall–Kier alpha value is -2.17. The van der Waals surface area contributed by atoms with Gasteiger partial charge in [-0.05, 0) is 37.8 Å². The molecule has 0 atom stereocenters. The summed E-state index contributed by atoms with van der Waals surface area (Å²) in [7, 11) is 0. The van der Waals surface area contributed by atoms with Crippen LogP contribution >= 0.6 is 0 Å². The van der Waals surface area contributed by atoms with Gasteiger partial charge in [-0.3, -0.25) is 14.0 Å². The first-order chi connectivity index (χ1) is 11.5. The van der Waals surface area contributed by atoms with E-state index in [-0.39, 0.29) is 11.5 Å². The van der Waals surface area contributed by atoms with Crippen molar-refractivity contribution in [3.63, 3.8) is 0 Å². The minimum atomic E-state index is -0.216. The average Bonchev–Trinajstić information content (AvgIpc) is 2.58. The number of rotatable bonds is 4. The number of nitrogens with zero attached hydrogens (tertiary/aromatic N) is 2. The van der Waals surface area contributed by atoms with Crippen LogP contribution in [0.25, 0.3) is 5.65 Å². The summed E-state index contributed by atoms with van der Waals surface area (Å²) < 4.78 is 1.50. The second kappa shape index (κ2) is 7.16. The molecule has 0 aliphatic heterocycles. The van der Waals surface area contributed by atoms with Crippen LogP contribution in [0.15, 0.2) is 23.1 Å². The number of nitrogens with one attached hydrogen (secondary N) is 1. The van der Waals surface area contributed by atoms with Crippen LogP contribution in [0.1, 0.15) is 56.2 Å². The summed E-state index contributed by atoms with van der Waals surface area (Å²) in [5.74, 6) is 0.569. The van der Waals surface area contributed by atoms with Gasteiger partial charge >= 0.3 is 0 Å². The van der Waals surface area contributed by atoms with Crippen molar-refractivity contribution in [1.82, 2.24) is 9.38 Å². The number of carbonyl (C=O) groups is 1. The zero-order valence-corrected chi connectivity index (χ0v) is 14.5. The molecule has 2 aromatic rings. The molecule has 1 N–H and O–H groups in total. The van der Waals surface area contributed by atoms with E-state index in [1.165, 1.54) is 36.5 Å². The molecule has 1 fully saturated rings. The van der Waals surface area contributed by atoms with E-state index in [0.29, 0.717) is 29.4 Å². The summed E-state index contributed by atoms with van der Waals surface area (Å²) in [5, 5.41) is 2.79. The fourth-order valence-electron chi connectivity index (χ4n) is 3.51. The molecule has 128 valence electrons.